The first-order chi connectivity index (χ1) is 13.5. The first-order valence-electron chi connectivity index (χ1n) is 9.66. The molecule has 3 rings (SSSR count). The number of aromatic nitrogens is 4. The van der Waals surface area contributed by atoms with Gasteiger partial charge in [-0.15, -0.1) is 5.10 Å². The fourth-order valence-corrected chi connectivity index (χ4v) is 3.80. The Morgan fingerprint density at radius 3 is 2.71 bits per heavy atom. The molecule has 28 heavy (non-hydrogen) atoms. The maximum atomic E-state index is 12.2. The fourth-order valence-electron chi connectivity index (χ4n) is 3.15. The molecule has 0 aliphatic rings. The summed E-state index contributed by atoms with van der Waals surface area (Å²) in [6.07, 6.45) is 3.28. The largest absolute Gasteiger partial charge is 0.351 e. The van der Waals surface area contributed by atoms with Gasteiger partial charge in [0.2, 0.25) is 11.1 Å². The van der Waals surface area contributed by atoms with Crippen molar-refractivity contribution in [3.8, 4) is 0 Å². The van der Waals surface area contributed by atoms with Crippen LogP contribution in [0.5, 0.6) is 0 Å². The first-order valence-corrected chi connectivity index (χ1v) is 10.6. The summed E-state index contributed by atoms with van der Waals surface area (Å²) in [6, 6.07) is 8.05. The van der Waals surface area contributed by atoms with Crippen molar-refractivity contribution in [2.24, 2.45) is 0 Å². The third-order valence-electron chi connectivity index (χ3n) is 4.88. The molecule has 0 fully saturated rings. The standard InChI is InChI=1S/C21H27N5OS/c1-5-6-11-18-15(3)23-20-24-21(25-26(20)16(18)4)28-13-19(27)22-12-17-10-8-7-9-14(17)2/h7-10H,5-6,11-13H2,1-4H3,(H,22,27). The van der Waals surface area contributed by atoms with Crippen LogP contribution in [0.2, 0.25) is 0 Å². The molecule has 0 aliphatic carbocycles. The van der Waals surface area contributed by atoms with E-state index in [9.17, 15) is 4.79 Å². The monoisotopic (exact) mass is 397 g/mol. The van der Waals surface area contributed by atoms with E-state index >= 15 is 0 Å². The molecule has 3 aromatic rings. The van der Waals surface area contributed by atoms with E-state index in [1.165, 1.54) is 22.9 Å². The Balaban J connectivity index is 1.63. The number of hydrogen-bond acceptors (Lipinski definition) is 5. The summed E-state index contributed by atoms with van der Waals surface area (Å²) in [5, 5.41) is 8.09. The molecule has 1 aromatic carbocycles. The van der Waals surface area contributed by atoms with Crippen molar-refractivity contribution in [1.29, 1.82) is 0 Å². The second-order valence-corrected chi connectivity index (χ2v) is 7.91. The zero-order valence-corrected chi connectivity index (χ0v) is 17.8. The highest BCUT2D eigenvalue weighted by Gasteiger charge is 2.14. The zero-order chi connectivity index (χ0) is 20.1. The molecule has 0 spiro atoms. The van der Waals surface area contributed by atoms with Crippen LogP contribution in [-0.2, 0) is 17.8 Å². The van der Waals surface area contributed by atoms with Crippen LogP contribution >= 0.6 is 11.8 Å². The summed E-state index contributed by atoms with van der Waals surface area (Å²) < 4.78 is 1.80. The van der Waals surface area contributed by atoms with Gasteiger partial charge in [-0.05, 0) is 50.3 Å². The van der Waals surface area contributed by atoms with Crippen molar-refractivity contribution >= 4 is 23.4 Å². The fraction of sp³-hybridized carbons (Fsp3) is 0.429. The number of nitrogens with zero attached hydrogens (tertiary/aromatic N) is 4. The van der Waals surface area contributed by atoms with Gasteiger partial charge in [0, 0.05) is 17.9 Å². The lowest BCUT2D eigenvalue weighted by atomic mass is 10.1. The van der Waals surface area contributed by atoms with Crippen molar-refractivity contribution in [3.63, 3.8) is 0 Å². The average molecular weight is 398 g/mol. The maximum absolute atomic E-state index is 12.2. The Morgan fingerprint density at radius 2 is 1.96 bits per heavy atom. The number of rotatable bonds is 8. The zero-order valence-electron chi connectivity index (χ0n) is 17.0. The lowest BCUT2D eigenvalue weighted by Crippen LogP contribution is -2.24. The quantitative estimate of drug-likeness (QED) is 0.585. The van der Waals surface area contributed by atoms with E-state index in [1.54, 1.807) is 4.52 Å². The minimum absolute atomic E-state index is 0.0309. The van der Waals surface area contributed by atoms with Gasteiger partial charge >= 0.3 is 0 Å². The number of benzene rings is 1. The SMILES string of the molecule is CCCCc1c(C)nc2nc(SCC(=O)NCc3ccccc3C)nn2c1C. The van der Waals surface area contributed by atoms with Crippen LogP contribution in [-0.4, -0.2) is 31.2 Å². The van der Waals surface area contributed by atoms with E-state index in [-0.39, 0.29) is 11.7 Å². The number of carbonyl (C=O) groups is 1. The van der Waals surface area contributed by atoms with Crippen molar-refractivity contribution in [2.45, 2.75) is 58.7 Å². The summed E-state index contributed by atoms with van der Waals surface area (Å²) >= 11 is 1.34. The minimum Gasteiger partial charge on any atom is -0.351 e. The molecule has 148 valence electrons. The van der Waals surface area contributed by atoms with Crippen molar-refractivity contribution < 1.29 is 4.79 Å². The molecule has 0 saturated carbocycles. The number of fused-ring (bicyclic) bond motifs is 1. The highest BCUT2D eigenvalue weighted by atomic mass is 32.2. The molecule has 7 heteroatoms. The first kappa shape index (κ1) is 20.3. The van der Waals surface area contributed by atoms with E-state index in [1.807, 2.05) is 38.1 Å². The predicted octanol–water partition coefficient (Wildman–Crippen LogP) is 3.80. The number of unbranched alkanes of at least 4 members (excludes halogenated alkanes) is 1. The summed E-state index contributed by atoms with van der Waals surface area (Å²) in [7, 11) is 0. The molecule has 2 aromatic heterocycles. The summed E-state index contributed by atoms with van der Waals surface area (Å²) in [5.41, 5.74) is 5.64. The van der Waals surface area contributed by atoms with E-state index < -0.39 is 0 Å². The van der Waals surface area contributed by atoms with Gasteiger partial charge in [0.25, 0.3) is 5.78 Å². The Labute approximate surface area is 170 Å². The second-order valence-electron chi connectivity index (χ2n) is 6.96. The predicted molar refractivity (Wildman–Crippen MR) is 113 cm³/mol. The summed E-state index contributed by atoms with van der Waals surface area (Å²) in [4.78, 5) is 21.3. The summed E-state index contributed by atoms with van der Waals surface area (Å²) in [6.45, 7) is 8.85. The number of aryl methyl sites for hydroxylation is 3. The van der Waals surface area contributed by atoms with Crippen LogP contribution in [0.25, 0.3) is 5.78 Å². The van der Waals surface area contributed by atoms with Gasteiger partial charge in [-0.2, -0.15) is 4.98 Å². The van der Waals surface area contributed by atoms with E-state index in [2.05, 4.69) is 34.2 Å². The highest BCUT2D eigenvalue weighted by molar-refractivity contribution is 7.99. The van der Waals surface area contributed by atoms with Crippen molar-refractivity contribution in [1.82, 2.24) is 24.9 Å². The van der Waals surface area contributed by atoms with Crippen LogP contribution in [0, 0.1) is 20.8 Å². The summed E-state index contributed by atoms with van der Waals surface area (Å²) in [5.74, 6) is 0.846. The topological polar surface area (TPSA) is 72.2 Å². The normalized spacial score (nSPS) is 11.1. The van der Waals surface area contributed by atoms with Crippen molar-refractivity contribution in [2.75, 3.05) is 5.75 Å². The lowest BCUT2D eigenvalue weighted by molar-refractivity contribution is -0.118. The smallest absolute Gasteiger partial charge is 0.253 e. The van der Waals surface area contributed by atoms with Crippen molar-refractivity contribution in [3.05, 3.63) is 52.3 Å². The van der Waals surface area contributed by atoms with Gasteiger partial charge in [0.15, 0.2) is 0 Å². The van der Waals surface area contributed by atoms with Gasteiger partial charge in [-0.1, -0.05) is 49.4 Å². The van der Waals surface area contributed by atoms with Crippen LogP contribution in [0.15, 0.2) is 29.4 Å². The molecule has 6 nitrogen and oxygen atoms in total. The van der Waals surface area contributed by atoms with Crippen LogP contribution in [0.4, 0.5) is 0 Å². The molecule has 2 heterocycles. The maximum Gasteiger partial charge on any atom is 0.253 e. The molecule has 0 atom stereocenters. The Morgan fingerprint density at radius 1 is 1.18 bits per heavy atom. The number of amides is 1. The Bertz CT molecular complexity index is 982. The third-order valence-corrected chi connectivity index (χ3v) is 5.72. The Hall–Kier alpha value is -2.41. The second kappa shape index (κ2) is 9.19. The van der Waals surface area contributed by atoms with E-state index in [4.69, 9.17) is 0 Å². The molecule has 1 N–H and O–H groups in total. The van der Waals surface area contributed by atoms with Crippen LogP contribution < -0.4 is 5.32 Å². The van der Waals surface area contributed by atoms with Gasteiger partial charge in [-0.3, -0.25) is 4.79 Å². The lowest BCUT2D eigenvalue weighted by Gasteiger charge is -2.09. The Kier molecular flexibility index (Phi) is 6.67. The van der Waals surface area contributed by atoms with Gasteiger partial charge < -0.3 is 5.32 Å². The van der Waals surface area contributed by atoms with Gasteiger partial charge in [0.05, 0.1) is 5.75 Å². The van der Waals surface area contributed by atoms with E-state index in [0.29, 0.717) is 17.5 Å². The molecule has 1 amide bonds. The third kappa shape index (κ3) is 4.70. The molecular weight excluding hydrogens is 370 g/mol. The van der Waals surface area contributed by atoms with E-state index in [0.717, 1.165) is 36.2 Å². The molecule has 0 radical (unpaired) electrons. The average Bonchev–Trinajstić information content (AvgIpc) is 3.08. The number of hydrogen-bond donors (Lipinski definition) is 1. The van der Waals surface area contributed by atoms with Crippen LogP contribution in [0.3, 0.4) is 0 Å². The number of carbonyl (C=O) groups excluding carboxylic acids is 1. The van der Waals surface area contributed by atoms with Gasteiger partial charge in [-0.25, -0.2) is 9.50 Å². The van der Waals surface area contributed by atoms with Gasteiger partial charge in [0.1, 0.15) is 0 Å². The molecular formula is C21H27N5OS. The minimum atomic E-state index is -0.0309. The molecule has 0 unspecified atom stereocenters. The molecule has 0 aliphatic heterocycles. The molecule has 0 saturated heterocycles. The van der Waals surface area contributed by atoms with Crippen LogP contribution in [0.1, 0.15) is 47.8 Å². The number of nitrogens with one attached hydrogen (secondary N) is 1. The molecule has 0 bridgehead atoms. The number of thioether (sulfide) groups is 1. The highest BCUT2D eigenvalue weighted by Crippen LogP contribution is 2.19.